The number of anilines is 1. The van der Waals surface area contributed by atoms with Crippen LogP contribution in [0.15, 0.2) is 36.4 Å². The minimum atomic E-state index is -0.872. The summed E-state index contributed by atoms with van der Waals surface area (Å²) in [6.07, 6.45) is 0. The summed E-state index contributed by atoms with van der Waals surface area (Å²) in [5.74, 6) is -2.57. The van der Waals surface area contributed by atoms with Crippen molar-refractivity contribution < 1.29 is 23.1 Å². The first kappa shape index (κ1) is 24.1. The van der Waals surface area contributed by atoms with Crippen molar-refractivity contribution in [1.82, 2.24) is 14.8 Å². The number of fused-ring (bicyclic) bond motifs is 1. The van der Waals surface area contributed by atoms with Crippen LogP contribution in [0.1, 0.15) is 37.8 Å². The van der Waals surface area contributed by atoms with Crippen LogP contribution >= 0.6 is 11.6 Å². The molecule has 0 aliphatic heterocycles. The van der Waals surface area contributed by atoms with Crippen LogP contribution < -0.4 is 15.8 Å². The third-order valence-electron chi connectivity index (χ3n) is 5.52. The number of nitrogens with zero attached hydrogens (tertiary/aromatic N) is 3. The second kappa shape index (κ2) is 9.30. The van der Waals surface area contributed by atoms with Gasteiger partial charge < -0.3 is 15.8 Å². The van der Waals surface area contributed by atoms with Gasteiger partial charge in [0.25, 0.3) is 11.8 Å². The number of primary amides is 1. The maximum absolute atomic E-state index is 14.1. The van der Waals surface area contributed by atoms with Crippen LogP contribution in [-0.2, 0) is 6.54 Å². The Morgan fingerprint density at radius 2 is 1.89 bits per heavy atom. The van der Waals surface area contributed by atoms with Crippen LogP contribution in [0.5, 0.6) is 5.75 Å². The van der Waals surface area contributed by atoms with Gasteiger partial charge in [0.1, 0.15) is 11.5 Å². The number of methoxy groups -OCH3 is 1. The zero-order valence-corrected chi connectivity index (χ0v) is 19.7. The molecule has 2 aromatic carbocycles. The summed E-state index contributed by atoms with van der Waals surface area (Å²) in [6.45, 7) is 3.71. The highest BCUT2D eigenvalue weighted by molar-refractivity contribution is 6.31. The molecule has 0 unspecified atom stereocenters. The Balaban J connectivity index is 1.69. The van der Waals surface area contributed by atoms with E-state index < -0.39 is 23.4 Å². The number of benzene rings is 2. The monoisotopic (exact) mass is 499 g/mol. The SMILES string of the molecule is COc1ccc(Cn2nc(C)c(NC(=O)c3cc(C(N)=O)nc4cc(F)c(Cl)cc34)c2C)cc1F. The van der Waals surface area contributed by atoms with Crippen LogP contribution in [0.25, 0.3) is 10.9 Å². The van der Waals surface area contributed by atoms with Crippen molar-refractivity contribution in [2.75, 3.05) is 12.4 Å². The number of nitrogens with two attached hydrogens (primary N) is 1. The van der Waals surface area contributed by atoms with E-state index in [1.165, 1.54) is 31.4 Å². The van der Waals surface area contributed by atoms with Gasteiger partial charge in [-0.2, -0.15) is 5.10 Å². The average Bonchev–Trinajstić information content (AvgIpc) is 3.06. The first-order valence-electron chi connectivity index (χ1n) is 10.4. The molecule has 0 atom stereocenters. The normalized spacial score (nSPS) is 11.0. The van der Waals surface area contributed by atoms with Crippen molar-refractivity contribution in [3.63, 3.8) is 0 Å². The highest BCUT2D eigenvalue weighted by atomic mass is 35.5. The Morgan fingerprint density at radius 3 is 2.54 bits per heavy atom. The van der Waals surface area contributed by atoms with Gasteiger partial charge in [-0.3, -0.25) is 14.3 Å². The molecule has 180 valence electrons. The topological polar surface area (TPSA) is 112 Å². The molecule has 3 N–H and O–H groups in total. The second-order valence-electron chi connectivity index (χ2n) is 7.83. The minimum absolute atomic E-state index is 0.0366. The molecule has 2 amide bonds. The van der Waals surface area contributed by atoms with Gasteiger partial charge in [-0.15, -0.1) is 0 Å². The molecule has 0 radical (unpaired) electrons. The van der Waals surface area contributed by atoms with E-state index in [-0.39, 0.29) is 39.5 Å². The summed E-state index contributed by atoms with van der Waals surface area (Å²) in [6, 6.07) is 8.11. The average molecular weight is 500 g/mol. The van der Waals surface area contributed by atoms with Crippen molar-refractivity contribution >= 4 is 40.0 Å². The van der Waals surface area contributed by atoms with Gasteiger partial charge in [-0.1, -0.05) is 17.7 Å². The number of rotatable bonds is 6. The van der Waals surface area contributed by atoms with Gasteiger partial charge in [0.15, 0.2) is 11.6 Å². The predicted molar refractivity (Wildman–Crippen MR) is 127 cm³/mol. The van der Waals surface area contributed by atoms with Crippen LogP contribution in [0.3, 0.4) is 0 Å². The molecule has 4 rings (SSSR count). The zero-order valence-electron chi connectivity index (χ0n) is 18.9. The number of pyridine rings is 1. The van der Waals surface area contributed by atoms with Gasteiger partial charge in [-0.25, -0.2) is 13.8 Å². The van der Waals surface area contributed by atoms with E-state index in [0.29, 0.717) is 22.6 Å². The van der Waals surface area contributed by atoms with Gasteiger partial charge in [0, 0.05) is 11.5 Å². The van der Waals surface area contributed by atoms with Crippen molar-refractivity contribution in [1.29, 1.82) is 0 Å². The van der Waals surface area contributed by atoms with E-state index >= 15 is 0 Å². The number of aryl methyl sites for hydroxylation is 1. The number of carbonyl (C=O) groups is 2. The van der Waals surface area contributed by atoms with Gasteiger partial charge in [-0.05, 0) is 43.7 Å². The summed E-state index contributed by atoms with van der Waals surface area (Å²) < 4.78 is 34.6. The molecule has 0 aliphatic carbocycles. The highest BCUT2D eigenvalue weighted by Crippen LogP contribution is 2.28. The lowest BCUT2D eigenvalue weighted by molar-refractivity contribution is 0.0996. The van der Waals surface area contributed by atoms with Crippen LogP contribution in [0.2, 0.25) is 5.02 Å². The quantitative estimate of drug-likeness (QED) is 0.408. The minimum Gasteiger partial charge on any atom is -0.494 e. The van der Waals surface area contributed by atoms with E-state index in [1.807, 2.05) is 0 Å². The van der Waals surface area contributed by atoms with Gasteiger partial charge in [0.05, 0.1) is 46.8 Å². The molecule has 0 bridgehead atoms. The molecule has 4 aromatic rings. The Labute approximate surface area is 203 Å². The van der Waals surface area contributed by atoms with Crippen LogP contribution in [0.4, 0.5) is 14.5 Å². The van der Waals surface area contributed by atoms with Crippen molar-refractivity contribution in [2.24, 2.45) is 5.73 Å². The number of amides is 2. The van der Waals surface area contributed by atoms with Gasteiger partial charge >= 0.3 is 0 Å². The molecule has 2 aromatic heterocycles. The van der Waals surface area contributed by atoms with Crippen LogP contribution in [-0.4, -0.2) is 33.7 Å². The number of ether oxygens (including phenoxy) is 1. The maximum atomic E-state index is 14.1. The third-order valence-corrected chi connectivity index (χ3v) is 5.81. The number of aromatic nitrogens is 3. The summed E-state index contributed by atoms with van der Waals surface area (Å²) in [5.41, 5.74) is 7.45. The molecule has 2 heterocycles. The van der Waals surface area contributed by atoms with Crippen LogP contribution in [0, 0.1) is 25.5 Å². The second-order valence-corrected chi connectivity index (χ2v) is 8.24. The first-order chi connectivity index (χ1) is 16.6. The maximum Gasteiger partial charge on any atom is 0.267 e. The van der Waals surface area contributed by atoms with Crippen molar-refractivity contribution in [2.45, 2.75) is 20.4 Å². The fraction of sp³-hybridized carbons (Fsp3) is 0.167. The predicted octanol–water partition coefficient (Wildman–Crippen LogP) is 4.39. The first-order valence-corrected chi connectivity index (χ1v) is 10.7. The molecule has 11 heteroatoms. The third kappa shape index (κ3) is 4.65. The van der Waals surface area contributed by atoms with E-state index in [4.69, 9.17) is 22.1 Å². The zero-order chi connectivity index (χ0) is 25.4. The summed E-state index contributed by atoms with van der Waals surface area (Å²) >= 11 is 5.91. The molecule has 0 saturated heterocycles. The van der Waals surface area contributed by atoms with Crippen molar-refractivity contribution in [3.8, 4) is 5.75 Å². The Hall–Kier alpha value is -4.05. The molecular formula is C24H20ClF2N5O3. The van der Waals surface area contributed by atoms with E-state index in [1.54, 1.807) is 24.6 Å². The smallest absolute Gasteiger partial charge is 0.267 e. The Bertz CT molecular complexity index is 1500. The summed E-state index contributed by atoms with van der Waals surface area (Å²) in [4.78, 5) is 29.0. The number of halogens is 3. The largest absolute Gasteiger partial charge is 0.494 e. The van der Waals surface area contributed by atoms with E-state index in [0.717, 1.165) is 6.07 Å². The number of carbonyl (C=O) groups excluding carboxylic acids is 2. The number of hydrogen-bond donors (Lipinski definition) is 2. The fourth-order valence-electron chi connectivity index (χ4n) is 3.73. The Kier molecular flexibility index (Phi) is 6.40. The lowest BCUT2D eigenvalue weighted by atomic mass is 10.1. The van der Waals surface area contributed by atoms with Crippen molar-refractivity contribution in [3.05, 3.63) is 81.3 Å². The standard InChI is InChI=1S/C24H20ClF2N5O3/c1-11-22(12(2)32(31-11)10-13-4-5-21(35-3)18(27)6-13)30-24(34)15-8-20(23(28)33)29-19-9-17(26)16(25)7-14(15)19/h4-9H,10H2,1-3H3,(H2,28,33)(H,30,34). The Morgan fingerprint density at radius 1 is 1.14 bits per heavy atom. The fourth-order valence-corrected chi connectivity index (χ4v) is 3.89. The summed E-state index contributed by atoms with van der Waals surface area (Å²) in [5, 5.41) is 7.28. The lowest BCUT2D eigenvalue weighted by Crippen LogP contribution is -2.18. The molecule has 35 heavy (non-hydrogen) atoms. The molecular weight excluding hydrogens is 480 g/mol. The molecule has 0 saturated carbocycles. The highest BCUT2D eigenvalue weighted by Gasteiger charge is 2.21. The number of hydrogen-bond acceptors (Lipinski definition) is 5. The van der Waals surface area contributed by atoms with Gasteiger partial charge in [0.2, 0.25) is 0 Å². The molecule has 0 spiro atoms. The lowest BCUT2D eigenvalue weighted by Gasteiger charge is -2.11. The summed E-state index contributed by atoms with van der Waals surface area (Å²) in [7, 11) is 1.39. The van der Waals surface area contributed by atoms with E-state index in [2.05, 4.69) is 15.4 Å². The molecule has 0 aliphatic rings. The molecule has 8 nitrogen and oxygen atoms in total. The number of nitrogens with one attached hydrogen (secondary N) is 1. The van der Waals surface area contributed by atoms with E-state index in [9.17, 15) is 18.4 Å². The molecule has 0 fully saturated rings.